The Hall–Kier alpha value is -4.71. The van der Waals surface area contributed by atoms with Crippen molar-refractivity contribution < 1.29 is 32.5 Å². The van der Waals surface area contributed by atoms with Gasteiger partial charge in [0.05, 0.1) is 24.4 Å². The van der Waals surface area contributed by atoms with Gasteiger partial charge in [0.25, 0.3) is 5.91 Å². The van der Waals surface area contributed by atoms with Crippen LogP contribution < -0.4 is 20.3 Å². The van der Waals surface area contributed by atoms with Crippen LogP contribution in [0.3, 0.4) is 0 Å². The Morgan fingerprint density at radius 1 is 0.936 bits per heavy atom. The van der Waals surface area contributed by atoms with Gasteiger partial charge in [-0.15, -0.1) is 0 Å². The van der Waals surface area contributed by atoms with Crippen molar-refractivity contribution in [1.82, 2.24) is 10.9 Å². The van der Waals surface area contributed by atoms with Crippen LogP contribution in [0.5, 0.6) is 11.5 Å². The molecule has 0 bridgehead atoms. The molecule has 11 heteroatoms. The summed E-state index contributed by atoms with van der Waals surface area (Å²) in [5.74, 6) is 0.705. The molecule has 0 spiro atoms. The topological polar surface area (TPSA) is 136 Å². The van der Waals surface area contributed by atoms with E-state index in [4.69, 9.17) is 24.3 Å². The van der Waals surface area contributed by atoms with Crippen LogP contribution >= 0.6 is 0 Å². The quantitative estimate of drug-likeness (QED) is 0.119. The second-order valence-electron chi connectivity index (χ2n) is 11.0. The third-order valence-corrected chi connectivity index (χ3v) is 9.63. The van der Waals surface area contributed by atoms with E-state index in [0.29, 0.717) is 42.9 Å². The van der Waals surface area contributed by atoms with Gasteiger partial charge in [0.1, 0.15) is 11.5 Å². The molecule has 0 radical (unpaired) electrons. The summed E-state index contributed by atoms with van der Waals surface area (Å²) >= 11 is 0. The van der Waals surface area contributed by atoms with Gasteiger partial charge < -0.3 is 19.3 Å². The molecule has 47 heavy (non-hydrogen) atoms. The Balaban J connectivity index is 1.46. The molecule has 1 aliphatic heterocycles. The number of nitrogens with zero attached hydrogens (tertiary/aromatic N) is 1. The highest BCUT2D eigenvalue weighted by molar-refractivity contribution is 7.91. The molecule has 5 rings (SSSR count). The summed E-state index contributed by atoms with van der Waals surface area (Å²) in [6.45, 7) is 0.783. The highest BCUT2D eigenvalue weighted by Gasteiger charge is 2.53. The number of ether oxygens (including phenoxy) is 3. The molecule has 4 aromatic rings. The molecule has 246 valence electrons. The number of hydrogen-bond donors (Lipinski definition) is 3. The van der Waals surface area contributed by atoms with E-state index >= 15 is 0 Å². The molecule has 3 N–H and O–H groups in total. The lowest BCUT2D eigenvalue weighted by Crippen LogP contribution is -2.53. The van der Waals surface area contributed by atoms with E-state index in [2.05, 4.69) is 10.9 Å². The SMILES string of the molecule is COc1ccccc1CCNNC(=O)[C@@]1(CCS(=O)(=O)c2ccccc2)N=C(c2ccc(OCCCO)cc2)O[C@H]1c1ccccc1. The minimum Gasteiger partial charge on any atom is -0.496 e. The van der Waals surface area contributed by atoms with Gasteiger partial charge in [-0.1, -0.05) is 66.7 Å². The number of aliphatic hydroxyl groups is 1. The summed E-state index contributed by atoms with van der Waals surface area (Å²) in [4.78, 5) is 19.4. The van der Waals surface area contributed by atoms with E-state index in [-0.39, 0.29) is 29.6 Å². The number of sulfone groups is 1. The molecule has 1 aliphatic rings. The lowest BCUT2D eigenvalue weighted by Gasteiger charge is -2.30. The predicted octanol–water partition coefficient (Wildman–Crippen LogP) is 4.44. The second kappa shape index (κ2) is 15.7. The van der Waals surface area contributed by atoms with Crippen LogP contribution in [-0.4, -0.2) is 63.5 Å². The fraction of sp³-hybridized carbons (Fsp3) is 0.278. The van der Waals surface area contributed by atoms with Crippen LogP contribution in [0.15, 0.2) is 119 Å². The van der Waals surface area contributed by atoms with Crippen molar-refractivity contribution in [3.05, 3.63) is 126 Å². The van der Waals surface area contributed by atoms with Crippen molar-refractivity contribution in [2.45, 2.75) is 35.8 Å². The van der Waals surface area contributed by atoms with E-state index in [1.807, 2.05) is 54.6 Å². The molecule has 1 amide bonds. The maximum absolute atomic E-state index is 14.3. The van der Waals surface area contributed by atoms with Crippen molar-refractivity contribution in [2.24, 2.45) is 4.99 Å². The Morgan fingerprint density at radius 2 is 1.62 bits per heavy atom. The molecule has 1 heterocycles. The van der Waals surface area contributed by atoms with Crippen LogP contribution in [0.25, 0.3) is 0 Å². The number of methoxy groups -OCH3 is 1. The molecule has 0 aliphatic carbocycles. The highest BCUT2D eigenvalue weighted by atomic mass is 32.2. The third-order valence-electron chi connectivity index (χ3n) is 7.90. The second-order valence-corrected chi connectivity index (χ2v) is 13.1. The number of amides is 1. The zero-order chi connectivity index (χ0) is 33.1. The van der Waals surface area contributed by atoms with Crippen LogP contribution in [0, 0.1) is 0 Å². The molecule has 0 aromatic heterocycles. The van der Waals surface area contributed by atoms with Gasteiger partial charge in [-0.3, -0.25) is 10.2 Å². The Morgan fingerprint density at radius 3 is 2.32 bits per heavy atom. The fourth-order valence-corrected chi connectivity index (χ4v) is 6.78. The van der Waals surface area contributed by atoms with E-state index in [0.717, 1.165) is 11.3 Å². The first-order valence-corrected chi connectivity index (χ1v) is 17.1. The zero-order valence-corrected chi connectivity index (χ0v) is 27.0. The monoisotopic (exact) mass is 657 g/mol. The van der Waals surface area contributed by atoms with E-state index in [9.17, 15) is 13.2 Å². The van der Waals surface area contributed by atoms with Crippen LogP contribution in [-0.2, 0) is 25.8 Å². The molecule has 0 fully saturated rings. The first-order valence-electron chi connectivity index (χ1n) is 15.4. The van der Waals surface area contributed by atoms with Gasteiger partial charge in [0.15, 0.2) is 21.5 Å². The average Bonchev–Trinajstić information content (AvgIpc) is 3.51. The van der Waals surface area contributed by atoms with Gasteiger partial charge >= 0.3 is 0 Å². The molecule has 10 nitrogen and oxygen atoms in total. The number of carbonyl (C=O) groups is 1. The molecular formula is C36H39N3O7S. The molecule has 0 saturated carbocycles. The van der Waals surface area contributed by atoms with E-state index in [1.165, 1.54) is 0 Å². The van der Waals surface area contributed by atoms with Crippen molar-refractivity contribution in [2.75, 3.05) is 32.6 Å². The lowest BCUT2D eigenvalue weighted by molar-refractivity contribution is -0.130. The van der Waals surface area contributed by atoms with Crippen molar-refractivity contribution in [3.63, 3.8) is 0 Å². The summed E-state index contributed by atoms with van der Waals surface area (Å²) in [6.07, 6.45) is 0.0169. The van der Waals surface area contributed by atoms with E-state index < -0.39 is 27.4 Å². The molecular weight excluding hydrogens is 618 g/mol. The summed E-state index contributed by atoms with van der Waals surface area (Å²) in [7, 11) is -2.16. The number of hydrazine groups is 1. The number of rotatable bonds is 16. The number of aliphatic hydroxyl groups excluding tert-OH is 1. The standard InChI is InChI=1S/C36H39N3O7S/c1-44-32-16-9-8-11-27(32)21-23-37-39-35(41)36(22-26-47(42,43)31-14-6-3-7-15-31)33(28-12-4-2-5-13-28)46-34(38-36)29-17-19-30(20-18-29)45-25-10-24-40/h2-9,11-20,33,37,40H,10,21-26H2,1H3,(H,39,41)/t33-,36-/m0/s1. The molecule has 0 unspecified atom stereocenters. The van der Waals surface area contributed by atoms with Gasteiger partial charge in [-0.05, 0) is 60.0 Å². The normalized spacial score (nSPS) is 17.4. The van der Waals surface area contributed by atoms with Gasteiger partial charge in [0, 0.05) is 31.6 Å². The van der Waals surface area contributed by atoms with Gasteiger partial charge in [0.2, 0.25) is 5.90 Å². The minimum atomic E-state index is -3.77. The number of aliphatic imine (C=N–C) groups is 1. The summed E-state index contributed by atoms with van der Waals surface area (Å²) in [5, 5.41) is 9.05. The number of para-hydroxylation sites is 1. The molecule has 4 aromatic carbocycles. The summed E-state index contributed by atoms with van der Waals surface area (Å²) in [6, 6.07) is 32.1. The smallest absolute Gasteiger partial charge is 0.266 e. The fourth-order valence-electron chi connectivity index (χ4n) is 5.39. The molecule has 0 saturated heterocycles. The number of nitrogens with one attached hydrogen (secondary N) is 2. The highest BCUT2D eigenvalue weighted by Crippen LogP contribution is 2.43. The number of hydrogen-bond acceptors (Lipinski definition) is 9. The van der Waals surface area contributed by atoms with Crippen LogP contribution in [0.4, 0.5) is 0 Å². The van der Waals surface area contributed by atoms with Crippen molar-refractivity contribution in [1.29, 1.82) is 0 Å². The van der Waals surface area contributed by atoms with Crippen molar-refractivity contribution in [3.8, 4) is 11.5 Å². The largest absolute Gasteiger partial charge is 0.496 e. The first-order chi connectivity index (χ1) is 22.9. The summed E-state index contributed by atoms with van der Waals surface area (Å²) < 4.78 is 44.6. The maximum atomic E-state index is 14.3. The van der Waals surface area contributed by atoms with Gasteiger partial charge in [-0.2, -0.15) is 0 Å². The van der Waals surface area contributed by atoms with Crippen LogP contribution in [0.2, 0.25) is 0 Å². The first kappa shape index (κ1) is 33.6. The van der Waals surface area contributed by atoms with Gasteiger partial charge in [-0.25, -0.2) is 18.8 Å². The number of benzene rings is 4. The summed E-state index contributed by atoms with van der Waals surface area (Å²) in [5.41, 5.74) is 6.43. The average molecular weight is 658 g/mol. The maximum Gasteiger partial charge on any atom is 0.266 e. The van der Waals surface area contributed by atoms with E-state index in [1.54, 1.807) is 61.7 Å². The minimum absolute atomic E-state index is 0.0308. The Labute approximate surface area is 275 Å². The Bertz CT molecular complexity index is 1750. The number of carbonyl (C=O) groups excluding carboxylic acids is 1. The van der Waals surface area contributed by atoms with Crippen LogP contribution in [0.1, 0.15) is 35.6 Å². The predicted molar refractivity (Wildman–Crippen MR) is 179 cm³/mol. The zero-order valence-electron chi connectivity index (χ0n) is 26.2. The van der Waals surface area contributed by atoms with Crippen molar-refractivity contribution >= 4 is 21.6 Å². The third kappa shape index (κ3) is 8.18. The molecule has 2 atom stereocenters. The Kier molecular flexibility index (Phi) is 11.3. The lowest BCUT2D eigenvalue weighted by atomic mass is 9.85.